The van der Waals surface area contributed by atoms with Gasteiger partial charge in [-0.15, -0.1) is 0 Å². The number of benzene rings is 1. The van der Waals surface area contributed by atoms with Crippen LogP contribution in [0.15, 0.2) is 24.3 Å². The molecule has 1 aromatic rings. The van der Waals surface area contributed by atoms with Gasteiger partial charge in [0.1, 0.15) is 0 Å². The maximum absolute atomic E-state index is 12.1. The second-order valence-corrected chi connectivity index (χ2v) is 5.30. The first-order valence-corrected chi connectivity index (χ1v) is 8.18. The van der Waals surface area contributed by atoms with E-state index in [1.54, 1.807) is 0 Å². The molecule has 2 amide bonds. The number of nitrogens with zero attached hydrogens (tertiary/aromatic N) is 2. The predicted molar refractivity (Wildman–Crippen MR) is 89.7 cm³/mol. The summed E-state index contributed by atoms with van der Waals surface area (Å²) >= 11 is 0. The molecule has 0 aliphatic carbocycles. The molecule has 0 atom stereocenters. The predicted octanol–water partition coefficient (Wildman–Crippen LogP) is 2.51. The maximum Gasteiger partial charge on any atom is 0.226 e. The average molecular weight is 304 g/mol. The van der Waals surface area contributed by atoms with Crippen LogP contribution < -0.4 is 0 Å². The Labute approximate surface area is 134 Å². The minimum absolute atomic E-state index is 0.150. The van der Waals surface area contributed by atoms with E-state index < -0.39 is 0 Å². The van der Waals surface area contributed by atoms with Crippen LogP contribution in [0.5, 0.6) is 0 Å². The molecule has 1 rings (SSSR count). The Balaban J connectivity index is 2.63. The Morgan fingerprint density at radius 3 is 1.18 bits per heavy atom. The highest BCUT2D eigenvalue weighted by molar-refractivity contribution is 5.79. The van der Waals surface area contributed by atoms with E-state index in [-0.39, 0.29) is 11.8 Å². The summed E-state index contributed by atoms with van der Waals surface area (Å²) in [5, 5.41) is 0. The van der Waals surface area contributed by atoms with Crippen LogP contribution in [0.25, 0.3) is 0 Å². The number of amides is 2. The first-order chi connectivity index (χ1) is 10.5. The third-order valence-corrected chi connectivity index (χ3v) is 3.97. The molecule has 0 heterocycles. The first-order valence-electron chi connectivity index (χ1n) is 8.18. The van der Waals surface area contributed by atoms with E-state index in [0.29, 0.717) is 12.8 Å². The van der Waals surface area contributed by atoms with Crippen LogP contribution in [-0.2, 0) is 22.4 Å². The number of carbonyl (C=O) groups is 2. The van der Waals surface area contributed by atoms with Gasteiger partial charge in [-0.25, -0.2) is 0 Å². The summed E-state index contributed by atoms with van der Waals surface area (Å²) in [6.07, 6.45) is 0.845. The molecular formula is C18H28N2O2. The Kier molecular flexibility index (Phi) is 7.64. The fourth-order valence-electron chi connectivity index (χ4n) is 2.50. The third kappa shape index (κ3) is 5.17. The van der Waals surface area contributed by atoms with E-state index in [4.69, 9.17) is 0 Å². The number of hydrogen-bond acceptors (Lipinski definition) is 2. The maximum atomic E-state index is 12.1. The summed E-state index contributed by atoms with van der Waals surface area (Å²) in [5.74, 6) is 0.300. The highest BCUT2D eigenvalue weighted by atomic mass is 16.2. The second-order valence-electron chi connectivity index (χ2n) is 5.30. The quantitative estimate of drug-likeness (QED) is 0.740. The van der Waals surface area contributed by atoms with Crippen LogP contribution in [0.3, 0.4) is 0 Å². The van der Waals surface area contributed by atoms with E-state index in [2.05, 4.69) is 0 Å². The van der Waals surface area contributed by atoms with Crippen LogP contribution in [0.2, 0.25) is 0 Å². The van der Waals surface area contributed by atoms with E-state index >= 15 is 0 Å². The van der Waals surface area contributed by atoms with Gasteiger partial charge in [-0.1, -0.05) is 24.3 Å². The molecule has 0 aliphatic rings. The Hall–Kier alpha value is -1.84. The van der Waals surface area contributed by atoms with E-state index in [9.17, 15) is 9.59 Å². The molecule has 0 radical (unpaired) electrons. The van der Waals surface area contributed by atoms with Crippen molar-refractivity contribution in [3.05, 3.63) is 35.4 Å². The molecule has 0 fully saturated rings. The van der Waals surface area contributed by atoms with Gasteiger partial charge in [0, 0.05) is 26.2 Å². The highest BCUT2D eigenvalue weighted by Crippen LogP contribution is 2.09. The lowest BCUT2D eigenvalue weighted by Gasteiger charge is -2.19. The van der Waals surface area contributed by atoms with Gasteiger partial charge in [0.05, 0.1) is 12.8 Å². The monoisotopic (exact) mass is 304 g/mol. The number of hydrogen-bond donors (Lipinski definition) is 0. The van der Waals surface area contributed by atoms with Gasteiger partial charge in [0.15, 0.2) is 0 Å². The zero-order valence-corrected chi connectivity index (χ0v) is 14.3. The van der Waals surface area contributed by atoms with Gasteiger partial charge >= 0.3 is 0 Å². The van der Waals surface area contributed by atoms with Gasteiger partial charge in [0.2, 0.25) is 11.8 Å². The van der Waals surface area contributed by atoms with E-state index in [1.807, 2.05) is 61.8 Å². The van der Waals surface area contributed by atoms with Crippen LogP contribution in [0, 0.1) is 0 Å². The van der Waals surface area contributed by atoms with Gasteiger partial charge in [-0.2, -0.15) is 0 Å². The smallest absolute Gasteiger partial charge is 0.226 e. The minimum Gasteiger partial charge on any atom is -0.343 e. The summed E-state index contributed by atoms with van der Waals surface area (Å²) in [4.78, 5) is 27.8. The number of rotatable bonds is 8. The van der Waals surface area contributed by atoms with Crippen molar-refractivity contribution in [2.75, 3.05) is 26.2 Å². The van der Waals surface area contributed by atoms with Gasteiger partial charge in [-0.05, 0) is 38.8 Å². The van der Waals surface area contributed by atoms with Crippen LogP contribution in [0.1, 0.15) is 38.8 Å². The molecule has 22 heavy (non-hydrogen) atoms. The van der Waals surface area contributed by atoms with Crippen LogP contribution >= 0.6 is 0 Å². The average Bonchev–Trinajstić information content (AvgIpc) is 2.51. The fraction of sp³-hybridized carbons (Fsp3) is 0.556. The minimum atomic E-state index is 0.150. The molecule has 0 N–H and O–H groups in total. The summed E-state index contributed by atoms with van der Waals surface area (Å²) in [6, 6.07) is 7.80. The summed E-state index contributed by atoms with van der Waals surface area (Å²) in [7, 11) is 0. The van der Waals surface area contributed by atoms with Crippen molar-refractivity contribution < 1.29 is 9.59 Å². The summed E-state index contributed by atoms with van der Waals surface area (Å²) < 4.78 is 0. The highest BCUT2D eigenvalue weighted by Gasteiger charge is 2.12. The number of carbonyl (C=O) groups excluding carboxylic acids is 2. The van der Waals surface area contributed by atoms with Crippen molar-refractivity contribution in [2.45, 2.75) is 40.5 Å². The Morgan fingerprint density at radius 1 is 0.682 bits per heavy atom. The summed E-state index contributed by atoms with van der Waals surface area (Å²) in [5.41, 5.74) is 1.99. The molecule has 4 nitrogen and oxygen atoms in total. The van der Waals surface area contributed by atoms with Crippen LogP contribution in [0.4, 0.5) is 0 Å². The lowest BCUT2D eigenvalue weighted by molar-refractivity contribution is -0.130. The molecule has 0 aromatic heterocycles. The summed E-state index contributed by atoms with van der Waals surface area (Å²) in [6.45, 7) is 10.9. The van der Waals surface area contributed by atoms with E-state index in [1.165, 1.54) is 0 Å². The van der Waals surface area contributed by atoms with Crippen molar-refractivity contribution in [1.29, 1.82) is 0 Å². The van der Waals surface area contributed by atoms with Crippen molar-refractivity contribution in [1.82, 2.24) is 9.80 Å². The molecule has 0 saturated carbocycles. The molecule has 1 aromatic carbocycles. The fourth-order valence-corrected chi connectivity index (χ4v) is 2.50. The molecule has 0 aliphatic heterocycles. The largest absolute Gasteiger partial charge is 0.343 e. The molecule has 0 unspecified atom stereocenters. The van der Waals surface area contributed by atoms with Gasteiger partial charge < -0.3 is 9.80 Å². The van der Waals surface area contributed by atoms with Crippen molar-refractivity contribution in [3.63, 3.8) is 0 Å². The molecule has 0 bridgehead atoms. The molecular weight excluding hydrogens is 276 g/mol. The van der Waals surface area contributed by atoms with Crippen LogP contribution in [-0.4, -0.2) is 47.8 Å². The number of likely N-dealkylation sites (N-methyl/N-ethyl adjacent to an activating group) is 2. The van der Waals surface area contributed by atoms with Crippen molar-refractivity contribution >= 4 is 11.8 Å². The standard InChI is InChI=1S/C18H28N2O2/c1-5-19(6-2)17(21)13-15-9-11-16(12-10-15)14-18(22)20(7-3)8-4/h9-12H,5-8,13-14H2,1-4H3. The Bertz CT molecular complexity index is 429. The normalized spacial score (nSPS) is 10.4. The first kappa shape index (κ1) is 18.2. The molecule has 0 saturated heterocycles. The van der Waals surface area contributed by atoms with E-state index in [0.717, 1.165) is 37.3 Å². The van der Waals surface area contributed by atoms with Gasteiger partial charge in [0.25, 0.3) is 0 Å². The molecule has 4 heteroatoms. The van der Waals surface area contributed by atoms with Crippen molar-refractivity contribution in [2.24, 2.45) is 0 Å². The SMILES string of the molecule is CCN(CC)C(=O)Cc1ccc(CC(=O)N(CC)CC)cc1. The van der Waals surface area contributed by atoms with Crippen molar-refractivity contribution in [3.8, 4) is 0 Å². The molecule has 0 spiro atoms. The lowest BCUT2D eigenvalue weighted by Crippen LogP contribution is -2.32. The zero-order chi connectivity index (χ0) is 16.5. The lowest BCUT2D eigenvalue weighted by atomic mass is 10.1. The molecule has 122 valence electrons. The Morgan fingerprint density at radius 2 is 0.955 bits per heavy atom. The third-order valence-electron chi connectivity index (χ3n) is 3.97. The zero-order valence-electron chi connectivity index (χ0n) is 14.3. The van der Waals surface area contributed by atoms with Gasteiger partial charge in [-0.3, -0.25) is 9.59 Å². The topological polar surface area (TPSA) is 40.6 Å². The second kappa shape index (κ2) is 9.23.